The van der Waals surface area contributed by atoms with E-state index < -0.39 is 4.92 Å². The van der Waals surface area contributed by atoms with E-state index >= 15 is 0 Å². The van der Waals surface area contributed by atoms with Gasteiger partial charge < -0.3 is 4.90 Å². The summed E-state index contributed by atoms with van der Waals surface area (Å²) in [6.07, 6.45) is 5.02. The van der Waals surface area contributed by atoms with Crippen LogP contribution in [0.3, 0.4) is 0 Å². The number of nitrogens with zero attached hydrogens (tertiary/aromatic N) is 5. The van der Waals surface area contributed by atoms with Crippen molar-refractivity contribution in [3.63, 3.8) is 0 Å². The average molecular weight is 340 g/mol. The number of hydrogen-bond acceptors (Lipinski definition) is 7. The molecule has 0 radical (unpaired) electrons. The van der Waals surface area contributed by atoms with E-state index in [1.54, 1.807) is 18.2 Å². The summed E-state index contributed by atoms with van der Waals surface area (Å²) >= 11 is 0. The van der Waals surface area contributed by atoms with Crippen molar-refractivity contribution in [1.29, 1.82) is 0 Å². The van der Waals surface area contributed by atoms with Crippen LogP contribution in [0.4, 0.5) is 17.3 Å². The van der Waals surface area contributed by atoms with Crippen LogP contribution in [0.2, 0.25) is 0 Å². The molecule has 1 saturated heterocycles. The highest BCUT2D eigenvalue weighted by Gasteiger charge is 2.14. The van der Waals surface area contributed by atoms with E-state index in [0.29, 0.717) is 17.2 Å². The number of benzene rings is 1. The van der Waals surface area contributed by atoms with E-state index in [4.69, 9.17) is 0 Å². The molecule has 3 rings (SSSR count). The molecule has 0 atom stereocenters. The third kappa shape index (κ3) is 4.28. The maximum absolute atomic E-state index is 11.0. The van der Waals surface area contributed by atoms with E-state index in [2.05, 4.69) is 25.4 Å². The Hall–Kier alpha value is -3.03. The van der Waals surface area contributed by atoms with Gasteiger partial charge in [0, 0.05) is 25.2 Å². The van der Waals surface area contributed by atoms with Crippen LogP contribution in [0.1, 0.15) is 30.7 Å². The summed E-state index contributed by atoms with van der Waals surface area (Å²) in [5.74, 6) is 2.12. The standard InChI is InChI=1S/C17H20N6O2/c1-13-19-16(11-17(20-13)22-9-5-2-6-10-22)21-18-12-14-7-3-4-8-15(14)23(24)25/h3-4,7-8,11-12H,2,5-6,9-10H2,1H3,(H,19,20,21)/b18-12+. The lowest BCUT2D eigenvalue weighted by Gasteiger charge is -2.27. The first-order chi connectivity index (χ1) is 12.1. The molecule has 2 aromatic rings. The van der Waals surface area contributed by atoms with Gasteiger partial charge in [-0.25, -0.2) is 9.97 Å². The quantitative estimate of drug-likeness (QED) is 0.510. The molecule has 2 heterocycles. The molecule has 0 unspecified atom stereocenters. The lowest BCUT2D eigenvalue weighted by atomic mass is 10.1. The van der Waals surface area contributed by atoms with Gasteiger partial charge in [-0.15, -0.1) is 0 Å². The molecule has 1 aliphatic heterocycles. The highest BCUT2D eigenvalue weighted by Crippen LogP contribution is 2.20. The van der Waals surface area contributed by atoms with E-state index in [9.17, 15) is 10.1 Å². The predicted octanol–water partition coefficient (Wildman–Crippen LogP) is 3.13. The van der Waals surface area contributed by atoms with Crippen molar-refractivity contribution < 1.29 is 4.92 Å². The molecule has 1 aromatic heterocycles. The minimum atomic E-state index is -0.426. The topological polar surface area (TPSA) is 96.5 Å². The molecular formula is C17H20N6O2. The second-order valence-corrected chi connectivity index (χ2v) is 5.89. The lowest BCUT2D eigenvalue weighted by Crippen LogP contribution is -2.30. The van der Waals surface area contributed by atoms with Gasteiger partial charge in [-0.1, -0.05) is 12.1 Å². The third-order valence-electron chi connectivity index (χ3n) is 4.02. The summed E-state index contributed by atoms with van der Waals surface area (Å²) in [6, 6.07) is 8.31. The highest BCUT2D eigenvalue weighted by atomic mass is 16.6. The zero-order valence-electron chi connectivity index (χ0n) is 14.1. The van der Waals surface area contributed by atoms with Crippen LogP contribution in [0.25, 0.3) is 0 Å². The Morgan fingerprint density at radius 3 is 2.76 bits per heavy atom. The monoisotopic (exact) mass is 340 g/mol. The van der Waals surface area contributed by atoms with Gasteiger partial charge in [-0.3, -0.25) is 15.5 Å². The largest absolute Gasteiger partial charge is 0.356 e. The third-order valence-corrected chi connectivity index (χ3v) is 4.02. The van der Waals surface area contributed by atoms with Gasteiger partial charge in [0.05, 0.1) is 16.7 Å². The van der Waals surface area contributed by atoms with E-state index in [0.717, 1.165) is 18.9 Å². The highest BCUT2D eigenvalue weighted by molar-refractivity contribution is 5.85. The molecule has 0 bridgehead atoms. The summed E-state index contributed by atoms with van der Waals surface area (Å²) in [6.45, 7) is 3.83. The Balaban J connectivity index is 1.75. The molecule has 1 aromatic carbocycles. The van der Waals surface area contributed by atoms with Gasteiger partial charge in [-0.2, -0.15) is 5.10 Å². The van der Waals surface area contributed by atoms with E-state index in [1.165, 1.54) is 31.5 Å². The van der Waals surface area contributed by atoms with Crippen LogP contribution in [-0.2, 0) is 0 Å². The molecule has 1 aliphatic rings. The number of piperidine rings is 1. The van der Waals surface area contributed by atoms with Crippen LogP contribution in [0, 0.1) is 17.0 Å². The molecule has 130 valence electrons. The van der Waals surface area contributed by atoms with Crippen molar-refractivity contribution in [3.8, 4) is 0 Å². The normalized spacial score (nSPS) is 14.7. The number of para-hydroxylation sites is 1. The molecule has 25 heavy (non-hydrogen) atoms. The number of nitro groups is 1. The first kappa shape index (κ1) is 16.8. The molecule has 0 saturated carbocycles. The van der Waals surface area contributed by atoms with Crippen LogP contribution in [0.5, 0.6) is 0 Å². The van der Waals surface area contributed by atoms with Gasteiger partial charge in [0.2, 0.25) is 0 Å². The van der Waals surface area contributed by atoms with Crippen LogP contribution >= 0.6 is 0 Å². The maximum atomic E-state index is 11.0. The first-order valence-corrected chi connectivity index (χ1v) is 8.26. The SMILES string of the molecule is Cc1nc(N/N=C/c2ccccc2[N+](=O)[O-])cc(N2CCCCC2)n1. The smallest absolute Gasteiger partial charge is 0.278 e. The molecule has 8 nitrogen and oxygen atoms in total. The van der Waals surface area contributed by atoms with Crippen LogP contribution < -0.4 is 10.3 Å². The fourth-order valence-corrected chi connectivity index (χ4v) is 2.83. The van der Waals surface area contributed by atoms with Crippen molar-refractivity contribution in [1.82, 2.24) is 9.97 Å². The Kier molecular flexibility index (Phi) is 5.17. The number of hydrazone groups is 1. The molecule has 1 N–H and O–H groups in total. The summed E-state index contributed by atoms with van der Waals surface area (Å²) < 4.78 is 0. The van der Waals surface area contributed by atoms with Crippen LogP contribution in [-0.4, -0.2) is 34.2 Å². The van der Waals surface area contributed by atoms with Crippen molar-refractivity contribution in [2.75, 3.05) is 23.4 Å². The number of nitro benzene ring substituents is 1. The maximum Gasteiger partial charge on any atom is 0.278 e. The molecular weight excluding hydrogens is 320 g/mol. The van der Waals surface area contributed by atoms with Crippen LogP contribution in [0.15, 0.2) is 35.4 Å². The van der Waals surface area contributed by atoms with Gasteiger partial charge >= 0.3 is 0 Å². The minimum absolute atomic E-state index is 0.0147. The molecule has 0 spiro atoms. The second kappa shape index (κ2) is 7.69. The summed E-state index contributed by atoms with van der Waals surface area (Å²) in [7, 11) is 0. The van der Waals surface area contributed by atoms with Crippen molar-refractivity contribution in [3.05, 3.63) is 51.8 Å². The average Bonchev–Trinajstić information content (AvgIpc) is 2.62. The lowest BCUT2D eigenvalue weighted by molar-refractivity contribution is -0.385. The Morgan fingerprint density at radius 1 is 1.24 bits per heavy atom. The first-order valence-electron chi connectivity index (χ1n) is 8.26. The number of aryl methyl sites for hydroxylation is 1. The fraction of sp³-hybridized carbons (Fsp3) is 0.353. The second-order valence-electron chi connectivity index (χ2n) is 5.89. The number of nitrogens with one attached hydrogen (secondary N) is 1. The molecule has 0 amide bonds. The van der Waals surface area contributed by atoms with Crippen molar-refractivity contribution in [2.24, 2.45) is 5.10 Å². The van der Waals surface area contributed by atoms with E-state index in [1.807, 2.05) is 13.0 Å². The van der Waals surface area contributed by atoms with Crippen molar-refractivity contribution in [2.45, 2.75) is 26.2 Å². The van der Waals surface area contributed by atoms with Gasteiger partial charge in [0.1, 0.15) is 11.6 Å². The van der Waals surface area contributed by atoms with Crippen molar-refractivity contribution >= 4 is 23.5 Å². The number of rotatable bonds is 5. The van der Waals surface area contributed by atoms with Gasteiger partial charge in [0.25, 0.3) is 5.69 Å². The molecule has 8 heteroatoms. The zero-order chi connectivity index (χ0) is 17.6. The summed E-state index contributed by atoms with van der Waals surface area (Å²) in [5.41, 5.74) is 3.30. The number of aromatic nitrogens is 2. The summed E-state index contributed by atoms with van der Waals surface area (Å²) in [5, 5.41) is 15.1. The van der Waals surface area contributed by atoms with Gasteiger partial charge in [0.15, 0.2) is 5.82 Å². The fourth-order valence-electron chi connectivity index (χ4n) is 2.83. The van der Waals surface area contributed by atoms with E-state index in [-0.39, 0.29) is 5.69 Å². The zero-order valence-corrected chi connectivity index (χ0v) is 14.1. The Morgan fingerprint density at radius 2 is 2.00 bits per heavy atom. The number of anilines is 2. The molecule has 0 aliphatic carbocycles. The predicted molar refractivity (Wildman–Crippen MR) is 97.1 cm³/mol. The molecule has 1 fully saturated rings. The number of hydrogen-bond donors (Lipinski definition) is 1. The Bertz CT molecular complexity index is 786. The minimum Gasteiger partial charge on any atom is -0.356 e. The van der Waals surface area contributed by atoms with Gasteiger partial charge in [-0.05, 0) is 32.3 Å². The Labute approximate surface area is 145 Å². The summed E-state index contributed by atoms with van der Waals surface area (Å²) in [4.78, 5) is 21.7.